The van der Waals surface area contributed by atoms with Crippen LogP contribution >= 0.6 is 26.9 Å². The van der Waals surface area contributed by atoms with Crippen LogP contribution in [0.5, 0.6) is 5.75 Å². The van der Waals surface area contributed by atoms with Gasteiger partial charge in [0.1, 0.15) is 10.6 Å². The first kappa shape index (κ1) is 25.9. The number of methoxy groups -OCH3 is 2. The number of aromatic nitrogens is 2. The topological polar surface area (TPSA) is 76.6 Å². The Labute approximate surface area is 229 Å². The quantitative estimate of drug-likeness (QED) is 0.178. The summed E-state index contributed by atoms with van der Waals surface area (Å²) in [6.45, 7) is 5.93. The average molecular weight is 633 g/mol. The zero-order valence-corrected chi connectivity index (χ0v) is 24.0. The summed E-state index contributed by atoms with van der Waals surface area (Å²) in [5.41, 5.74) is 4.86. The predicted octanol–water partition coefficient (Wildman–Crippen LogP) is 6.63. The van der Waals surface area contributed by atoms with Crippen molar-refractivity contribution in [1.29, 1.82) is 0 Å². The number of benzene rings is 2. The lowest BCUT2D eigenvalue weighted by Crippen LogP contribution is -2.28. The van der Waals surface area contributed by atoms with Crippen molar-refractivity contribution in [3.63, 3.8) is 0 Å². The zero-order chi connectivity index (χ0) is 26.3. The van der Waals surface area contributed by atoms with Gasteiger partial charge in [-0.3, -0.25) is 0 Å². The molecule has 1 aromatic heterocycles. The average Bonchev–Trinajstić information content (AvgIpc) is 3.35. The molecule has 1 N–H and O–H groups in total. The van der Waals surface area contributed by atoms with E-state index in [4.69, 9.17) is 9.47 Å². The van der Waals surface area contributed by atoms with Crippen molar-refractivity contribution in [2.24, 2.45) is 0 Å². The summed E-state index contributed by atoms with van der Waals surface area (Å²) in [5.74, 6) is 0.0122. The molecule has 37 heavy (non-hydrogen) atoms. The third-order valence-electron chi connectivity index (χ3n) is 7.12. The minimum Gasteiger partial charge on any atom is -0.494 e. The van der Waals surface area contributed by atoms with Crippen LogP contribution in [0.3, 0.4) is 0 Å². The molecule has 2 aromatic carbocycles. The van der Waals surface area contributed by atoms with Crippen LogP contribution < -0.4 is 15.0 Å². The van der Waals surface area contributed by atoms with Crippen LogP contribution in [0.2, 0.25) is 0 Å². The maximum Gasteiger partial charge on any atom is 0.338 e. The van der Waals surface area contributed by atoms with E-state index in [0.717, 1.165) is 29.3 Å². The van der Waals surface area contributed by atoms with Crippen LogP contribution in [0.25, 0.3) is 12.2 Å². The van der Waals surface area contributed by atoms with Crippen molar-refractivity contribution in [3.05, 3.63) is 71.3 Å². The van der Waals surface area contributed by atoms with Gasteiger partial charge in [-0.25, -0.2) is 19.2 Å². The molecule has 3 heterocycles. The molecule has 2 aliphatic heterocycles. The van der Waals surface area contributed by atoms with Crippen LogP contribution in [-0.4, -0.2) is 53.8 Å². The van der Waals surface area contributed by atoms with E-state index in [0.29, 0.717) is 11.5 Å². The highest BCUT2D eigenvalue weighted by Gasteiger charge is 2.80. The molecule has 2 saturated heterocycles. The fraction of sp³-hybridized carbons (Fsp3) is 0.296. The molecule has 2 aliphatic rings. The monoisotopic (exact) mass is 633 g/mol. The molecule has 4 atom stereocenters. The van der Waals surface area contributed by atoms with Crippen molar-refractivity contribution in [2.45, 2.75) is 30.9 Å². The number of halogens is 2. The molecular weight excluding hydrogens is 605 g/mol. The molecule has 0 saturated carbocycles. The Morgan fingerprint density at radius 2 is 1.86 bits per heavy atom. The van der Waals surface area contributed by atoms with E-state index in [1.807, 2.05) is 0 Å². The number of rotatable bonds is 7. The van der Waals surface area contributed by atoms with Crippen LogP contribution in [-0.2, 0) is 4.74 Å². The maximum absolute atomic E-state index is 14.7. The van der Waals surface area contributed by atoms with E-state index in [1.54, 1.807) is 24.5 Å². The van der Waals surface area contributed by atoms with Gasteiger partial charge in [-0.2, -0.15) is 0 Å². The zero-order valence-electron chi connectivity index (χ0n) is 21.0. The number of hydrogen-bond donors (Lipinski definition) is 1. The number of hydrogen-bond acceptors (Lipinski definition) is 7. The second-order valence-corrected chi connectivity index (χ2v) is 18.0. The van der Waals surface area contributed by atoms with Gasteiger partial charge in [-0.05, 0) is 50.2 Å². The molecular formula is C27H28FIN4O3P+. The Morgan fingerprint density at radius 3 is 2.46 bits per heavy atom. The van der Waals surface area contributed by atoms with E-state index in [9.17, 15) is 9.18 Å². The van der Waals surface area contributed by atoms with Crippen molar-refractivity contribution in [3.8, 4) is 5.75 Å². The normalized spacial score (nSPS) is 24.2. The summed E-state index contributed by atoms with van der Waals surface area (Å²) in [6.07, 6.45) is 6.50. The summed E-state index contributed by atoms with van der Waals surface area (Å²) in [6, 6.07) is 11.2. The number of carbonyl (C=O) groups is 1. The highest BCUT2D eigenvalue weighted by atomic mass is 127. The van der Waals surface area contributed by atoms with Gasteiger partial charge in [0.05, 0.1) is 32.0 Å². The molecule has 0 bridgehead atoms. The molecule has 1 unspecified atom stereocenters. The third kappa shape index (κ3) is 4.79. The Kier molecular flexibility index (Phi) is 7.11. The molecule has 7 nitrogen and oxygen atoms in total. The Bertz CT molecular complexity index is 1360. The van der Waals surface area contributed by atoms with E-state index in [1.165, 1.54) is 32.0 Å². The maximum atomic E-state index is 14.7. The van der Waals surface area contributed by atoms with E-state index in [2.05, 4.69) is 80.3 Å². The molecule has 3 aromatic rings. The van der Waals surface area contributed by atoms with Crippen LogP contribution in [0.15, 0.2) is 48.8 Å². The fourth-order valence-corrected chi connectivity index (χ4v) is 13.0. The van der Waals surface area contributed by atoms with Gasteiger partial charge in [-0.1, -0.05) is 12.2 Å². The van der Waals surface area contributed by atoms with Crippen molar-refractivity contribution >= 4 is 62.4 Å². The molecule has 0 aliphatic carbocycles. The van der Waals surface area contributed by atoms with Gasteiger partial charge in [0.25, 0.3) is 0 Å². The molecule has 10 heteroatoms. The van der Waals surface area contributed by atoms with E-state index in [-0.39, 0.29) is 16.9 Å². The lowest BCUT2D eigenvalue weighted by Gasteiger charge is -2.19. The van der Waals surface area contributed by atoms with Gasteiger partial charge in [0.15, 0.2) is 39.4 Å². The van der Waals surface area contributed by atoms with Gasteiger partial charge in [0.2, 0.25) is 5.95 Å². The number of fused-ring (bicyclic) bond motifs is 1. The Hall–Kier alpha value is -2.78. The predicted molar refractivity (Wildman–Crippen MR) is 156 cm³/mol. The summed E-state index contributed by atoms with van der Waals surface area (Å²) >= 11 is 2.77. The number of nitrogens with zero attached hydrogens (tertiary/aromatic N) is 3. The number of carbonyl (C=O) groups excluding carboxylic acids is 1. The SMILES string of the molecule is COC(=O)c1cc(/C=C/c2cnc(Nc3ccc(N4C[C@@H](C)[P+]5(I)[C@@H](C)[C@@H]45)cc3)nc2)c(F)c(OC)c1. The van der Waals surface area contributed by atoms with Crippen LogP contribution in [0.4, 0.5) is 21.7 Å². The van der Waals surface area contributed by atoms with Crippen molar-refractivity contribution < 1.29 is 18.7 Å². The van der Waals surface area contributed by atoms with Gasteiger partial charge in [-0.15, -0.1) is 0 Å². The second-order valence-electron chi connectivity index (χ2n) is 9.31. The van der Waals surface area contributed by atoms with Crippen LogP contribution in [0.1, 0.15) is 35.3 Å². The standard InChI is InChI=1S/C27H28FIN4O3P/c1-16-15-33(25-17(2)37(16,25)29)22-9-7-21(8-10-22)32-27-30-13-18(14-31-27)5-6-19-11-20(26(34)36-4)12-23(35-3)24(19)28/h5-14,16-17,25H,15H2,1-4H3,(H,30,31,32)/q+1/b6-5+/t16-,17+,25+,37?/m1/s1. The summed E-state index contributed by atoms with van der Waals surface area (Å²) in [7, 11) is 2.61. The largest absolute Gasteiger partial charge is 0.494 e. The molecule has 192 valence electrons. The Balaban J connectivity index is 1.25. The highest BCUT2D eigenvalue weighted by Crippen LogP contribution is 2.95. The van der Waals surface area contributed by atoms with Crippen molar-refractivity contribution in [2.75, 3.05) is 31.0 Å². The van der Waals surface area contributed by atoms with E-state index < -0.39 is 16.7 Å². The van der Waals surface area contributed by atoms with Gasteiger partial charge >= 0.3 is 5.97 Å². The summed E-state index contributed by atoms with van der Waals surface area (Å²) in [5, 5.41) is 3.23. The fourth-order valence-electron chi connectivity index (χ4n) is 5.04. The molecule has 5 rings (SSSR count). The number of ether oxygens (including phenoxy) is 2. The van der Waals surface area contributed by atoms with Gasteiger partial charge in [0, 0.05) is 34.9 Å². The number of esters is 1. The first-order valence-electron chi connectivity index (χ1n) is 11.9. The number of anilines is 3. The van der Waals surface area contributed by atoms with Gasteiger partial charge < -0.3 is 19.7 Å². The highest BCUT2D eigenvalue weighted by molar-refractivity contribution is 14.2. The lowest BCUT2D eigenvalue weighted by atomic mass is 10.1. The first-order valence-corrected chi connectivity index (χ1v) is 16.7. The minimum atomic E-state index is -0.836. The summed E-state index contributed by atoms with van der Waals surface area (Å²) < 4.78 is 24.5. The second kappa shape index (κ2) is 10.2. The lowest BCUT2D eigenvalue weighted by molar-refractivity contribution is 0.0600. The molecule has 0 amide bonds. The van der Waals surface area contributed by atoms with Crippen molar-refractivity contribution in [1.82, 2.24) is 9.97 Å². The minimum absolute atomic E-state index is 0.0365. The summed E-state index contributed by atoms with van der Waals surface area (Å²) in [4.78, 5) is 22.4. The third-order valence-corrected chi connectivity index (χ3v) is 18.6. The molecule has 0 spiro atoms. The smallest absolute Gasteiger partial charge is 0.338 e. The van der Waals surface area contributed by atoms with Crippen LogP contribution in [0, 0.1) is 5.82 Å². The van der Waals surface area contributed by atoms with E-state index >= 15 is 0 Å². The molecule has 2 fully saturated rings. The Morgan fingerprint density at radius 1 is 1.16 bits per heavy atom. The molecule has 0 radical (unpaired) electrons. The number of nitrogens with one attached hydrogen (secondary N) is 1. The first-order chi connectivity index (χ1) is 17.8.